The lowest BCUT2D eigenvalue weighted by molar-refractivity contribution is -0.137. The Morgan fingerprint density at radius 1 is 0.895 bits per heavy atom. The summed E-state index contributed by atoms with van der Waals surface area (Å²) in [7, 11) is 0. The zero-order valence-corrected chi connectivity index (χ0v) is 20.4. The van der Waals surface area contributed by atoms with Gasteiger partial charge in [0.25, 0.3) is 0 Å². The summed E-state index contributed by atoms with van der Waals surface area (Å²) in [5.74, 6) is 0.0108. The van der Waals surface area contributed by atoms with Crippen molar-refractivity contribution in [2.75, 3.05) is 13.1 Å². The van der Waals surface area contributed by atoms with Gasteiger partial charge in [-0.25, -0.2) is 4.79 Å². The molecule has 1 amide bonds. The Morgan fingerprint density at radius 2 is 1.63 bits per heavy atom. The quantitative estimate of drug-likeness (QED) is 0.293. The highest BCUT2D eigenvalue weighted by atomic mass is 19.4. The van der Waals surface area contributed by atoms with Gasteiger partial charge < -0.3 is 9.64 Å². The monoisotopic (exact) mass is 518 g/mol. The first kappa shape index (κ1) is 25.4. The Balaban J connectivity index is 1.35. The van der Waals surface area contributed by atoms with Gasteiger partial charge in [-0.3, -0.25) is 4.98 Å². The van der Waals surface area contributed by atoms with E-state index >= 15 is 0 Å². The van der Waals surface area contributed by atoms with Crippen LogP contribution in [0.15, 0.2) is 85.2 Å². The molecule has 38 heavy (non-hydrogen) atoms. The number of nitrogens with zero attached hydrogens (tertiary/aromatic N) is 4. The number of pyridine rings is 1. The van der Waals surface area contributed by atoms with Crippen LogP contribution in [0.1, 0.15) is 35.6 Å². The number of rotatable bonds is 5. The summed E-state index contributed by atoms with van der Waals surface area (Å²) in [5, 5.41) is 8.90. The summed E-state index contributed by atoms with van der Waals surface area (Å²) >= 11 is 0. The van der Waals surface area contributed by atoms with Crippen LogP contribution in [-0.2, 0) is 17.5 Å². The van der Waals surface area contributed by atoms with Crippen molar-refractivity contribution in [1.29, 1.82) is 0 Å². The first-order valence-corrected chi connectivity index (χ1v) is 12.3. The number of carbonyl (C=O) groups is 1. The molecule has 0 bridgehead atoms. The highest BCUT2D eigenvalue weighted by Crippen LogP contribution is 2.37. The molecular formula is C29H25F3N4O2. The Kier molecular flexibility index (Phi) is 7.35. The predicted molar refractivity (Wildman–Crippen MR) is 136 cm³/mol. The van der Waals surface area contributed by atoms with Crippen LogP contribution in [-0.4, -0.2) is 39.3 Å². The fourth-order valence-electron chi connectivity index (χ4n) is 4.58. The molecule has 4 aromatic rings. The van der Waals surface area contributed by atoms with E-state index in [-0.39, 0.29) is 18.6 Å². The van der Waals surface area contributed by atoms with Crippen molar-refractivity contribution in [3.8, 4) is 22.4 Å². The van der Waals surface area contributed by atoms with Crippen LogP contribution < -0.4 is 0 Å². The smallest absolute Gasteiger partial charge is 0.416 e. The number of hydrogen-bond donors (Lipinski definition) is 0. The molecule has 2 aromatic carbocycles. The number of benzene rings is 2. The van der Waals surface area contributed by atoms with Crippen LogP contribution in [0.2, 0.25) is 0 Å². The highest BCUT2D eigenvalue weighted by Gasteiger charge is 2.31. The van der Waals surface area contributed by atoms with E-state index in [9.17, 15) is 18.0 Å². The van der Waals surface area contributed by atoms with E-state index in [1.54, 1.807) is 35.5 Å². The fraction of sp³-hybridized carbons (Fsp3) is 0.241. The van der Waals surface area contributed by atoms with Gasteiger partial charge in [-0.2, -0.15) is 18.3 Å². The molecule has 9 heteroatoms. The average Bonchev–Trinajstić information content (AvgIpc) is 2.96. The minimum atomic E-state index is -4.46. The second kappa shape index (κ2) is 11.0. The molecule has 0 atom stereocenters. The van der Waals surface area contributed by atoms with Gasteiger partial charge >= 0.3 is 12.3 Å². The molecular weight excluding hydrogens is 493 g/mol. The summed E-state index contributed by atoms with van der Waals surface area (Å²) in [6, 6.07) is 20.0. The molecule has 1 fully saturated rings. The maximum Gasteiger partial charge on any atom is 0.416 e. The van der Waals surface area contributed by atoms with Crippen molar-refractivity contribution in [1.82, 2.24) is 20.1 Å². The van der Waals surface area contributed by atoms with Crippen molar-refractivity contribution >= 4 is 6.09 Å². The molecule has 0 unspecified atom stereocenters. The third-order valence-electron chi connectivity index (χ3n) is 6.64. The SMILES string of the molecule is O=C(OCc1ccccc1)N1CCC(c2cc(-c3cccc(C(F)(F)F)c3)c(-c3ccncc3)nn2)CC1. The number of amides is 1. The number of carbonyl (C=O) groups excluding carboxylic acids is 1. The molecule has 3 heterocycles. The van der Waals surface area contributed by atoms with Gasteiger partial charge in [0.2, 0.25) is 0 Å². The molecule has 1 aliphatic heterocycles. The Morgan fingerprint density at radius 3 is 2.34 bits per heavy atom. The number of hydrogen-bond acceptors (Lipinski definition) is 5. The topological polar surface area (TPSA) is 68.2 Å². The Bertz CT molecular complexity index is 1390. The van der Waals surface area contributed by atoms with Gasteiger partial charge in [-0.05, 0) is 54.3 Å². The number of piperidine rings is 1. The normalized spacial score (nSPS) is 14.3. The summed E-state index contributed by atoms with van der Waals surface area (Å²) in [4.78, 5) is 18.2. The van der Waals surface area contributed by atoms with E-state index in [1.165, 1.54) is 6.07 Å². The van der Waals surface area contributed by atoms with E-state index in [1.807, 2.05) is 36.4 Å². The number of likely N-dealkylation sites (tertiary alicyclic amines) is 1. The number of alkyl halides is 3. The van der Waals surface area contributed by atoms with Crippen LogP contribution >= 0.6 is 0 Å². The molecule has 0 radical (unpaired) electrons. The van der Waals surface area contributed by atoms with Crippen molar-refractivity contribution in [2.24, 2.45) is 0 Å². The molecule has 1 saturated heterocycles. The summed E-state index contributed by atoms with van der Waals surface area (Å²) in [5.41, 5.74) is 3.05. The van der Waals surface area contributed by atoms with Crippen molar-refractivity contribution < 1.29 is 22.7 Å². The highest BCUT2D eigenvalue weighted by molar-refractivity contribution is 5.80. The average molecular weight is 519 g/mol. The van der Waals surface area contributed by atoms with Gasteiger partial charge in [0, 0.05) is 42.5 Å². The van der Waals surface area contributed by atoms with Crippen LogP contribution in [0.5, 0.6) is 0 Å². The van der Waals surface area contributed by atoms with E-state index in [0.29, 0.717) is 54.0 Å². The van der Waals surface area contributed by atoms with Crippen LogP contribution in [0.4, 0.5) is 18.0 Å². The van der Waals surface area contributed by atoms with Gasteiger partial charge in [0.05, 0.1) is 11.3 Å². The Labute approximate surface area is 218 Å². The maximum atomic E-state index is 13.5. The summed E-state index contributed by atoms with van der Waals surface area (Å²) in [6.45, 7) is 1.19. The van der Waals surface area contributed by atoms with E-state index < -0.39 is 11.7 Å². The summed E-state index contributed by atoms with van der Waals surface area (Å²) in [6.07, 6.45) is -0.327. The number of ether oxygens (including phenoxy) is 1. The molecule has 6 nitrogen and oxygen atoms in total. The largest absolute Gasteiger partial charge is 0.445 e. The molecule has 0 N–H and O–H groups in total. The molecule has 2 aromatic heterocycles. The third kappa shape index (κ3) is 5.82. The molecule has 0 saturated carbocycles. The summed E-state index contributed by atoms with van der Waals surface area (Å²) < 4.78 is 45.8. The van der Waals surface area contributed by atoms with Gasteiger partial charge in [0.15, 0.2) is 0 Å². The number of halogens is 3. The number of aromatic nitrogens is 3. The fourth-order valence-corrected chi connectivity index (χ4v) is 4.58. The second-order valence-corrected chi connectivity index (χ2v) is 9.15. The van der Waals surface area contributed by atoms with Crippen molar-refractivity contribution in [3.05, 3.63) is 102 Å². The van der Waals surface area contributed by atoms with E-state index in [0.717, 1.165) is 17.7 Å². The van der Waals surface area contributed by atoms with E-state index in [4.69, 9.17) is 4.74 Å². The molecule has 194 valence electrons. The molecule has 5 rings (SSSR count). The lowest BCUT2D eigenvalue weighted by Gasteiger charge is -2.31. The third-order valence-corrected chi connectivity index (χ3v) is 6.64. The van der Waals surface area contributed by atoms with Gasteiger partial charge in [-0.1, -0.05) is 42.5 Å². The van der Waals surface area contributed by atoms with E-state index in [2.05, 4.69) is 15.2 Å². The predicted octanol–water partition coefficient (Wildman–Crippen LogP) is 6.74. The zero-order valence-electron chi connectivity index (χ0n) is 20.4. The lowest BCUT2D eigenvalue weighted by atomic mass is 9.90. The second-order valence-electron chi connectivity index (χ2n) is 9.15. The minimum Gasteiger partial charge on any atom is -0.445 e. The van der Waals surface area contributed by atoms with Crippen LogP contribution in [0.25, 0.3) is 22.4 Å². The standard InChI is InChI=1S/C29H25F3N4O2/c30-29(31,32)24-8-4-7-23(17-24)25-18-26(34-35-27(25)22-9-13-33-14-10-22)21-11-15-36(16-12-21)28(37)38-19-20-5-2-1-3-6-20/h1-10,13-14,17-18,21H,11-12,15-16,19H2. The molecule has 1 aliphatic rings. The maximum absolute atomic E-state index is 13.5. The van der Waals surface area contributed by atoms with Crippen molar-refractivity contribution in [3.63, 3.8) is 0 Å². The first-order chi connectivity index (χ1) is 18.4. The van der Waals surface area contributed by atoms with Crippen molar-refractivity contribution in [2.45, 2.75) is 31.5 Å². The molecule has 0 spiro atoms. The van der Waals surface area contributed by atoms with Crippen LogP contribution in [0, 0.1) is 0 Å². The Hall–Kier alpha value is -4.27. The van der Waals surface area contributed by atoms with Gasteiger partial charge in [0.1, 0.15) is 12.3 Å². The van der Waals surface area contributed by atoms with Crippen LogP contribution in [0.3, 0.4) is 0 Å². The first-order valence-electron chi connectivity index (χ1n) is 12.3. The molecule has 0 aliphatic carbocycles. The lowest BCUT2D eigenvalue weighted by Crippen LogP contribution is -2.38. The zero-order chi connectivity index (χ0) is 26.5. The van der Waals surface area contributed by atoms with Gasteiger partial charge in [-0.15, -0.1) is 5.10 Å². The minimum absolute atomic E-state index is 0.0108.